The lowest BCUT2D eigenvalue weighted by Crippen LogP contribution is -2.37. The second-order valence-electron chi connectivity index (χ2n) is 4.38. The fourth-order valence-electron chi connectivity index (χ4n) is 2.39. The highest BCUT2D eigenvalue weighted by molar-refractivity contribution is 8.00. The second kappa shape index (κ2) is 5.35. The van der Waals surface area contributed by atoms with E-state index in [1.165, 1.54) is 0 Å². The SMILES string of the molecule is O=C(O)CCCCC1SCC2NC(O)NC21. The number of hydrogen-bond acceptors (Lipinski definition) is 5. The number of carboxylic acid groups (broad SMARTS) is 1. The first-order valence-corrected chi connectivity index (χ1v) is 6.75. The fourth-order valence-corrected chi connectivity index (χ4v) is 3.95. The summed E-state index contributed by atoms with van der Waals surface area (Å²) in [4.78, 5) is 10.4. The van der Waals surface area contributed by atoms with Crippen molar-refractivity contribution >= 4 is 17.7 Å². The Labute approximate surface area is 99.0 Å². The van der Waals surface area contributed by atoms with E-state index in [-0.39, 0.29) is 6.42 Å². The molecule has 4 unspecified atom stereocenters. The first kappa shape index (κ1) is 12.2. The summed E-state index contributed by atoms with van der Waals surface area (Å²) in [5.41, 5.74) is 0. The van der Waals surface area contributed by atoms with E-state index in [4.69, 9.17) is 5.11 Å². The molecule has 4 N–H and O–H groups in total. The van der Waals surface area contributed by atoms with Gasteiger partial charge in [-0.05, 0) is 12.8 Å². The van der Waals surface area contributed by atoms with Crippen molar-refractivity contribution in [3.8, 4) is 0 Å². The van der Waals surface area contributed by atoms with Crippen LogP contribution in [0.4, 0.5) is 0 Å². The molecular weight excluding hydrogens is 228 g/mol. The molecule has 2 aliphatic heterocycles. The minimum Gasteiger partial charge on any atom is -0.481 e. The molecule has 5 nitrogen and oxygen atoms in total. The molecule has 0 saturated carbocycles. The molecule has 4 atom stereocenters. The van der Waals surface area contributed by atoms with Crippen LogP contribution in [-0.4, -0.2) is 45.6 Å². The number of aliphatic carboxylic acids is 1. The van der Waals surface area contributed by atoms with Gasteiger partial charge in [-0.15, -0.1) is 0 Å². The van der Waals surface area contributed by atoms with Crippen LogP contribution in [0.15, 0.2) is 0 Å². The van der Waals surface area contributed by atoms with Crippen LogP contribution in [0.2, 0.25) is 0 Å². The van der Waals surface area contributed by atoms with Gasteiger partial charge in [-0.2, -0.15) is 11.8 Å². The zero-order valence-corrected chi connectivity index (χ0v) is 9.87. The predicted molar refractivity (Wildman–Crippen MR) is 62.2 cm³/mol. The number of nitrogens with one attached hydrogen (secondary N) is 2. The lowest BCUT2D eigenvalue weighted by Gasteiger charge is -2.17. The number of unbranched alkanes of at least 4 members (excludes halogenated alkanes) is 1. The van der Waals surface area contributed by atoms with Crippen molar-refractivity contribution < 1.29 is 15.0 Å². The summed E-state index contributed by atoms with van der Waals surface area (Å²) in [6.07, 6.45) is 2.42. The summed E-state index contributed by atoms with van der Waals surface area (Å²) >= 11 is 1.91. The Balaban J connectivity index is 1.68. The molecule has 2 fully saturated rings. The van der Waals surface area contributed by atoms with Gasteiger partial charge in [-0.3, -0.25) is 15.4 Å². The number of hydrogen-bond donors (Lipinski definition) is 4. The molecule has 92 valence electrons. The van der Waals surface area contributed by atoms with Crippen LogP contribution < -0.4 is 10.6 Å². The summed E-state index contributed by atoms with van der Waals surface area (Å²) in [6.45, 7) is 0. The molecule has 2 heterocycles. The standard InChI is InChI=1S/C10H18N2O3S/c13-8(14)4-2-1-3-7-9-6(5-16-7)11-10(15)12-9/h6-7,9-12,15H,1-5H2,(H,13,14). The maximum atomic E-state index is 10.4. The Hall–Kier alpha value is -0.300. The van der Waals surface area contributed by atoms with Gasteiger partial charge in [0.2, 0.25) is 0 Å². The summed E-state index contributed by atoms with van der Waals surface area (Å²) in [5.74, 6) is 0.311. The average molecular weight is 246 g/mol. The average Bonchev–Trinajstić information content (AvgIpc) is 2.72. The highest BCUT2D eigenvalue weighted by Gasteiger charge is 2.42. The van der Waals surface area contributed by atoms with E-state index in [0.717, 1.165) is 25.0 Å². The number of aliphatic hydroxyl groups excluding tert-OH is 1. The Kier molecular flexibility index (Phi) is 4.07. The summed E-state index contributed by atoms with van der Waals surface area (Å²) in [7, 11) is 0. The van der Waals surface area contributed by atoms with Gasteiger partial charge in [-0.1, -0.05) is 6.42 Å². The monoisotopic (exact) mass is 246 g/mol. The molecule has 2 saturated heterocycles. The molecule has 0 spiro atoms. The molecule has 0 aromatic carbocycles. The lowest BCUT2D eigenvalue weighted by atomic mass is 10.0. The first-order chi connectivity index (χ1) is 7.66. The number of fused-ring (bicyclic) bond motifs is 1. The first-order valence-electron chi connectivity index (χ1n) is 5.70. The smallest absolute Gasteiger partial charge is 0.303 e. The fraction of sp³-hybridized carbons (Fsp3) is 0.900. The van der Waals surface area contributed by atoms with E-state index in [9.17, 15) is 9.90 Å². The van der Waals surface area contributed by atoms with E-state index in [0.29, 0.717) is 17.3 Å². The van der Waals surface area contributed by atoms with Crippen molar-refractivity contribution in [1.29, 1.82) is 0 Å². The van der Waals surface area contributed by atoms with Crippen molar-refractivity contribution in [1.82, 2.24) is 10.6 Å². The van der Waals surface area contributed by atoms with Gasteiger partial charge in [-0.25, -0.2) is 0 Å². The van der Waals surface area contributed by atoms with Crippen LogP contribution in [0.1, 0.15) is 25.7 Å². The molecule has 0 radical (unpaired) electrons. The van der Waals surface area contributed by atoms with Gasteiger partial charge < -0.3 is 10.2 Å². The molecule has 16 heavy (non-hydrogen) atoms. The van der Waals surface area contributed by atoms with Crippen LogP contribution in [0, 0.1) is 0 Å². The topological polar surface area (TPSA) is 81.6 Å². The van der Waals surface area contributed by atoms with Gasteiger partial charge >= 0.3 is 5.97 Å². The molecule has 0 aromatic rings. The number of rotatable bonds is 5. The zero-order valence-electron chi connectivity index (χ0n) is 9.06. The Bertz CT molecular complexity index is 264. The van der Waals surface area contributed by atoms with E-state index in [2.05, 4.69) is 10.6 Å². The van der Waals surface area contributed by atoms with Gasteiger partial charge in [0.05, 0.1) is 0 Å². The van der Waals surface area contributed by atoms with Crippen LogP contribution in [0.25, 0.3) is 0 Å². The minimum atomic E-state index is -0.715. The predicted octanol–water partition coefficient (Wildman–Crippen LogP) is -0.0473. The van der Waals surface area contributed by atoms with Gasteiger partial charge in [0.25, 0.3) is 0 Å². The van der Waals surface area contributed by atoms with Gasteiger partial charge in [0.1, 0.15) is 0 Å². The molecule has 2 aliphatic rings. The largest absolute Gasteiger partial charge is 0.481 e. The molecule has 6 heteroatoms. The third kappa shape index (κ3) is 2.88. The highest BCUT2D eigenvalue weighted by atomic mass is 32.2. The summed E-state index contributed by atoms with van der Waals surface area (Å²) < 4.78 is 0. The van der Waals surface area contributed by atoms with Crippen molar-refractivity contribution in [3.63, 3.8) is 0 Å². The summed E-state index contributed by atoms with van der Waals surface area (Å²) in [6, 6.07) is 0.703. The molecule has 0 bridgehead atoms. The van der Waals surface area contributed by atoms with E-state index >= 15 is 0 Å². The van der Waals surface area contributed by atoms with Gasteiger partial charge in [0, 0.05) is 29.5 Å². The van der Waals surface area contributed by atoms with Crippen LogP contribution in [0.5, 0.6) is 0 Å². The summed E-state index contributed by atoms with van der Waals surface area (Å²) in [5, 5.41) is 24.6. The van der Waals surface area contributed by atoms with Crippen LogP contribution in [0.3, 0.4) is 0 Å². The number of thioether (sulfide) groups is 1. The van der Waals surface area contributed by atoms with Crippen molar-refractivity contribution in [3.05, 3.63) is 0 Å². The second-order valence-corrected chi connectivity index (χ2v) is 5.65. The maximum Gasteiger partial charge on any atom is 0.303 e. The Morgan fingerprint density at radius 2 is 2.19 bits per heavy atom. The minimum absolute atomic E-state index is 0.264. The number of aliphatic hydroxyl groups is 1. The highest BCUT2D eigenvalue weighted by Crippen LogP contribution is 2.33. The van der Waals surface area contributed by atoms with Crippen molar-refractivity contribution in [2.75, 3.05) is 5.75 Å². The molecule has 2 rings (SSSR count). The number of carbonyl (C=O) groups is 1. The van der Waals surface area contributed by atoms with E-state index in [1.54, 1.807) is 0 Å². The lowest BCUT2D eigenvalue weighted by molar-refractivity contribution is -0.137. The third-order valence-corrected chi connectivity index (χ3v) is 4.68. The quantitative estimate of drug-likeness (QED) is 0.509. The molecule has 0 amide bonds. The van der Waals surface area contributed by atoms with Crippen molar-refractivity contribution in [2.45, 2.75) is 49.4 Å². The normalized spacial score (nSPS) is 37.6. The zero-order chi connectivity index (χ0) is 11.5. The van der Waals surface area contributed by atoms with Crippen molar-refractivity contribution in [2.24, 2.45) is 0 Å². The Morgan fingerprint density at radius 3 is 2.94 bits per heavy atom. The third-order valence-electron chi connectivity index (χ3n) is 3.18. The van der Waals surface area contributed by atoms with E-state index < -0.39 is 12.3 Å². The van der Waals surface area contributed by atoms with Crippen LogP contribution >= 0.6 is 11.8 Å². The van der Waals surface area contributed by atoms with E-state index in [1.807, 2.05) is 11.8 Å². The van der Waals surface area contributed by atoms with Gasteiger partial charge in [0.15, 0.2) is 6.35 Å². The number of carboxylic acids is 1. The Morgan fingerprint density at radius 1 is 1.38 bits per heavy atom. The molecule has 0 aromatic heterocycles. The molecule has 0 aliphatic carbocycles. The maximum absolute atomic E-state index is 10.4. The van der Waals surface area contributed by atoms with Crippen LogP contribution in [-0.2, 0) is 4.79 Å². The molecular formula is C10H18N2O3S.